The van der Waals surface area contributed by atoms with Crippen molar-refractivity contribution < 1.29 is 0 Å². The van der Waals surface area contributed by atoms with E-state index in [-0.39, 0.29) is 0 Å². The molecule has 0 unspecified atom stereocenters. The van der Waals surface area contributed by atoms with E-state index in [2.05, 4.69) is 32.9 Å². The first-order valence-electron chi connectivity index (χ1n) is 9.77. The maximum atomic E-state index is 6.35. The van der Waals surface area contributed by atoms with Gasteiger partial charge in [-0.1, -0.05) is 47.0 Å². The molecular weight excluding hydrogens is 413 g/mol. The second-order valence-corrected chi connectivity index (χ2v) is 8.45. The van der Waals surface area contributed by atoms with Crippen molar-refractivity contribution in [2.24, 2.45) is 9.98 Å². The van der Waals surface area contributed by atoms with Crippen molar-refractivity contribution in [1.29, 1.82) is 0 Å². The summed E-state index contributed by atoms with van der Waals surface area (Å²) >= 11 is 12.4. The lowest BCUT2D eigenvalue weighted by Gasteiger charge is -2.10. The maximum absolute atomic E-state index is 6.35. The molecule has 0 amide bonds. The van der Waals surface area contributed by atoms with Crippen molar-refractivity contribution in [2.75, 3.05) is 0 Å². The predicted molar refractivity (Wildman–Crippen MR) is 130 cm³/mol. The summed E-state index contributed by atoms with van der Waals surface area (Å²) in [7, 11) is 0. The fourth-order valence-electron chi connectivity index (χ4n) is 3.47. The summed E-state index contributed by atoms with van der Waals surface area (Å²) in [6.45, 7) is 12.1. The molecule has 1 aromatic heterocycles. The van der Waals surface area contributed by atoms with E-state index in [9.17, 15) is 0 Å². The number of nitrogens with zero attached hydrogens (tertiary/aromatic N) is 3. The lowest BCUT2D eigenvalue weighted by Crippen LogP contribution is -2.05. The molecule has 0 N–H and O–H groups in total. The van der Waals surface area contributed by atoms with Gasteiger partial charge >= 0.3 is 0 Å². The number of pyridine rings is 1. The van der Waals surface area contributed by atoms with Gasteiger partial charge in [-0.3, -0.25) is 4.99 Å². The molecule has 0 atom stereocenters. The van der Waals surface area contributed by atoms with Crippen LogP contribution >= 0.6 is 23.2 Å². The van der Waals surface area contributed by atoms with Crippen LogP contribution in [0.25, 0.3) is 0 Å². The summed E-state index contributed by atoms with van der Waals surface area (Å²) in [5.74, 6) is 0. The molecule has 154 valence electrons. The van der Waals surface area contributed by atoms with Gasteiger partial charge in [0.25, 0.3) is 0 Å². The Labute approximate surface area is 188 Å². The second-order valence-electron chi connectivity index (χ2n) is 7.60. The van der Waals surface area contributed by atoms with Crippen molar-refractivity contribution in [3.05, 3.63) is 86.2 Å². The number of benzene rings is 2. The van der Waals surface area contributed by atoms with Gasteiger partial charge in [0.15, 0.2) is 0 Å². The molecular formula is C25H25Cl2N3. The number of rotatable bonds is 4. The van der Waals surface area contributed by atoms with Crippen LogP contribution in [0.3, 0.4) is 0 Å². The zero-order valence-electron chi connectivity index (χ0n) is 18.1. The van der Waals surface area contributed by atoms with Crippen molar-refractivity contribution >= 4 is 46.0 Å². The van der Waals surface area contributed by atoms with Crippen molar-refractivity contribution in [1.82, 2.24) is 4.98 Å². The van der Waals surface area contributed by atoms with E-state index < -0.39 is 0 Å². The van der Waals surface area contributed by atoms with Crippen LogP contribution in [0, 0.1) is 27.7 Å². The molecule has 0 aliphatic carbocycles. The molecule has 2 aromatic carbocycles. The van der Waals surface area contributed by atoms with E-state index in [1.54, 1.807) is 6.07 Å². The molecule has 3 rings (SSSR count). The lowest BCUT2D eigenvalue weighted by atomic mass is 10.1. The number of halogens is 2. The predicted octanol–water partition coefficient (Wildman–Crippen LogP) is 7.90. The summed E-state index contributed by atoms with van der Waals surface area (Å²) in [5, 5.41) is 1.13. The molecule has 1 heterocycles. The molecule has 0 bridgehead atoms. The Balaban J connectivity index is 1.99. The zero-order chi connectivity index (χ0) is 22.0. The normalized spacial score (nSPS) is 12.4. The smallest absolute Gasteiger partial charge is 0.0850 e. The van der Waals surface area contributed by atoms with Gasteiger partial charge in [0.05, 0.1) is 39.2 Å². The van der Waals surface area contributed by atoms with Crippen LogP contribution in [0.2, 0.25) is 10.0 Å². The standard InChI is InChI=1S/C25H25Cl2N3/c1-14-10-15(2)24(16(3)11-14)28-18(5)22-8-7-9-23(30-22)19(6)29-25-17(4)12-20(26)13-21(25)27/h7-13H,1-6H3. The van der Waals surface area contributed by atoms with Crippen LogP contribution < -0.4 is 0 Å². The highest BCUT2D eigenvalue weighted by molar-refractivity contribution is 6.36. The minimum Gasteiger partial charge on any atom is -0.251 e. The van der Waals surface area contributed by atoms with Gasteiger partial charge < -0.3 is 0 Å². The number of hydrogen-bond acceptors (Lipinski definition) is 3. The fourth-order valence-corrected chi connectivity index (χ4v) is 4.11. The number of hydrogen-bond donors (Lipinski definition) is 0. The molecule has 0 aliphatic heterocycles. The third-order valence-corrected chi connectivity index (χ3v) is 5.41. The van der Waals surface area contributed by atoms with E-state index in [1.807, 2.05) is 45.0 Å². The summed E-state index contributed by atoms with van der Waals surface area (Å²) < 4.78 is 0. The maximum Gasteiger partial charge on any atom is 0.0850 e. The Morgan fingerprint density at radius 3 is 1.77 bits per heavy atom. The van der Waals surface area contributed by atoms with Crippen molar-refractivity contribution in [3.8, 4) is 0 Å². The molecule has 5 heteroatoms. The summed E-state index contributed by atoms with van der Waals surface area (Å²) in [6, 6.07) is 13.7. The fraction of sp³-hybridized carbons (Fsp3) is 0.240. The Hall–Kier alpha value is -2.49. The third kappa shape index (κ3) is 4.97. The van der Waals surface area contributed by atoms with Gasteiger partial charge in [-0.05, 0) is 82.5 Å². The first-order chi connectivity index (χ1) is 14.2. The Kier molecular flexibility index (Phi) is 6.74. The van der Waals surface area contributed by atoms with Crippen LogP contribution in [0.4, 0.5) is 11.4 Å². The van der Waals surface area contributed by atoms with Gasteiger partial charge in [-0.2, -0.15) is 0 Å². The first-order valence-corrected chi connectivity index (χ1v) is 10.5. The molecule has 3 aromatic rings. The van der Waals surface area contributed by atoms with E-state index in [1.165, 1.54) is 5.56 Å². The monoisotopic (exact) mass is 437 g/mol. The highest BCUT2D eigenvalue weighted by Gasteiger charge is 2.10. The van der Waals surface area contributed by atoms with Crippen molar-refractivity contribution in [3.63, 3.8) is 0 Å². The third-order valence-electron chi connectivity index (χ3n) is 4.90. The highest BCUT2D eigenvalue weighted by atomic mass is 35.5. The average molecular weight is 438 g/mol. The number of aliphatic imine (C=N–C) groups is 2. The molecule has 0 saturated heterocycles. The van der Waals surface area contributed by atoms with Crippen LogP contribution in [0.15, 0.2) is 52.4 Å². The zero-order valence-corrected chi connectivity index (χ0v) is 19.7. The summed E-state index contributed by atoms with van der Waals surface area (Å²) in [4.78, 5) is 14.4. The highest BCUT2D eigenvalue weighted by Crippen LogP contribution is 2.32. The minimum atomic E-state index is 0.526. The van der Waals surface area contributed by atoms with Gasteiger partial charge in [0, 0.05) is 5.02 Å². The Bertz CT molecular complexity index is 1040. The quantitative estimate of drug-likeness (QED) is 0.382. The number of aryl methyl sites for hydroxylation is 4. The van der Waals surface area contributed by atoms with Gasteiger partial charge in [-0.15, -0.1) is 0 Å². The van der Waals surface area contributed by atoms with Crippen LogP contribution in [0.1, 0.15) is 47.5 Å². The molecule has 0 fully saturated rings. The first kappa shape index (κ1) is 22.2. The van der Waals surface area contributed by atoms with Crippen molar-refractivity contribution in [2.45, 2.75) is 41.5 Å². The Morgan fingerprint density at radius 1 is 0.733 bits per heavy atom. The largest absolute Gasteiger partial charge is 0.251 e. The van der Waals surface area contributed by atoms with E-state index in [0.717, 1.165) is 45.2 Å². The van der Waals surface area contributed by atoms with E-state index in [4.69, 9.17) is 38.2 Å². The van der Waals surface area contributed by atoms with Crippen LogP contribution in [-0.2, 0) is 0 Å². The molecule has 0 saturated carbocycles. The van der Waals surface area contributed by atoms with E-state index >= 15 is 0 Å². The van der Waals surface area contributed by atoms with Crippen LogP contribution in [-0.4, -0.2) is 16.4 Å². The molecule has 0 radical (unpaired) electrons. The topological polar surface area (TPSA) is 37.6 Å². The lowest BCUT2D eigenvalue weighted by molar-refractivity contribution is 1.23. The molecule has 30 heavy (non-hydrogen) atoms. The molecule has 0 aliphatic rings. The number of aromatic nitrogens is 1. The minimum absolute atomic E-state index is 0.526. The Morgan fingerprint density at radius 2 is 1.23 bits per heavy atom. The SMILES string of the molecule is CC(=Nc1c(C)cc(C)cc1C)c1cccc(C(C)=Nc2c(C)cc(Cl)cc2Cl)n1. The summed E-state index contributed by atoms with van der Waals surface area (Å²) in [6.07, 6.45) is 0. The summed E-state index contributed by atoms with van der Waals surface area (Å²) in [5.41, 5.74) is 9.43. The second kappa shape index (κ2) is 9.11. The van der Waals surface area contributed by atoms with Gasteiger partial charge in [-0.25, -0.2) is 9.98 Å². The molecule has 3 nitrogen and oxygen atoms in total. The van der Waals surface area contributed by atoms with E-state index in [0.29, 0.717) is 15.7 Å². The average Bonchev–Trinajstić information content (AvgIpc) is 2.67. The van der Waals surface area contributed by atoms with Crippen LogP contribution in [0.5, 0.6) is 0 Å². The molecule has 0 spiro atoms. The van der Waals surface area contributed by atoms with Gasteiger partial charge in [0.2, 0.25) is 0 Å². The van der Waals surface area contributed by atoms with Gasteiger partial charge in [0.1, 0.15) is 0 Å².